The van der Waals surface area contributed by atoms with Crippen molar-refractivity contribution in [2.24, 2.45) is 4.99 Å². The molecular weight excluding hydrogens is 353 g/mol. The number of hydrogen-bond donors (Lipinski definition) is 1. The van der Waals surface area contributed by atoms with Gasteiger partial charge in [0.05, 0.1) is 5.69 Å². The van der Waals surface area contributed by atoms with E-state index in [0.717, 1.165) is 0 Å². The topological polar surface area (TPSA) is 61.8 Å². The summed E-state index contributed by atoms with van der Waals surface area (Å²) in [6, 6.07) is 14.9. The molecule has 0 aliphatic carbocycles. The molecule has 0 bridgehead atoms. The summed E-state index contributed by atoms with van der Waals surface area (Å²) in [4.78, 5) is 30.9. The molecule has 1 heterocycles. The number of nitrogens with one attached hydrogen (secondary N) is 1. The van der Waals surface area contributed by atoms with E-state index in [0.29, 0.717) is 23.1 Å². The third-order valence-corrected chi connectivity index (χ3v) is 5.01. The van der Waals surface area contributed by atoms with Crippen LogP contribution in [0.1, 0.15) is 13.3 Å². The van der Waals surface area contributed by atoms with Gasteiger partial charge >= 0.3 is 0 Å². The first-order valence-electron chi connectivity index (χ1n) is 8.24. The molecule has 7 heteroatoms. The first kappa shape index (κ1) is 18.1. The standard InChI is InChI=1S/C19H18FN3O2S/c1-2-23-17(24)12-16(18(25)21-14-8-4-3-5-9-14)26-19(23)22-15-10-6-7-13(20)11-15/h3-11,16H,2,12H2,1H3,(H,21,25)/t16-/m0/s1. The quantitative estimate of drug-likeness (QED) is 0.889. The Labute approximate surface area is 155 Å². The van der Waals surface area contributed by atoms with Gasteiger partial charge in [-0.2, -0.15) is 0 Å². The third-order valence-electron chi connectivity index (χ3n) is 3.82. The van der Waals surface area contributed by atoms with Crippen molar-refractivity contribution in [1.82, 2.24) is 4.90 Å². The fraction of sp³-hybridized carbons (Fsp3) is 0.211. The van der Waals surface area contributed by atoms with Crippen LogP contribution in [0.5, 0.6) is 0 Å². The average molecular weight is 371 g/mol. The first-order valence-corrected chi connectivity index (χ1v) is 9.12. The van der Waals surface area contributed by atoms with E-state index >= 15 is 0 Å². The number of rotatable bonds is 4. The molecule has 1 fully saturated rings. The number of carbonyl (C=O) groups is 2. The van der Waals surface area contributed by atoms with Crippen LogP contribution in [-0.4, -0.2) is 33.7 Å². The Morgan fingerprint density at radius 2 is 2.04 bits per heavy atom. The van der Waals surface area contributed by atoms with Gasteiger partial charge in [-0.25, -0.2) is 9.38 Å². The van der Waals surface area contributed by atoms with Gasteiger partial charge in [0.1, 0.15) is 11.1 Å². The highest BCUT2D eigenvalue weighted by Gasteiger charge is 2.35. The monoisotopic (exact) mass is 371 g/mol. The smallest absolute Gasteiger partial charge is 0.238 e. The molecule has 0 unspecified atom stereocenters. The highest BCUT2D eigenvalue weighted by atomic mass is 32.2. The highest BCUT2D eigenvalue weighted by molar-refractivity contribution is 8.15. The number of aliphatic imine (C=N–C) groups is 1. The molecular formula is C19H18FN3O2S. The molecule has 0 saturated carbocycles. The second-order valence-corrected chi connectivity index (χ2v) is 6.85. The normalized spacial score (nSPS) is 18.8. The van der Waals surface area contributed by atoms with Crippen LogP contribution in [0, 0.1) is 5.82 Å². The number of thioether (sulfide) groups is 1. The van der Waals surface area contributed by atoms with E-state index in [-0.39, 0.29) is 18.2 Å². The molecule has 26 heavy (non-hydrogen) atoms. The lowest BCUT2D eigenvalue weighted by molar-refractivity contribution is -0.129. The van der Waals surface area contributed by atoms with E-state index in [1.165, 1.54) is 28.8 Å². The predicted molar refractivity (Wildman–Crippen MR) is 102 cm³/mol. The second-order valence-electron chi connectivity index (χ2n) is 5.68. The Bertz CT molecular complexity index is 842. The lowest BCUT2D eigenvalue weighted by atomic mass is 10.2. The van der Waals surface area contributed by atoms with Crippen LogP contribution < -0.4 is 5.32 Å². The number of amidine groups is 1. The van der Waals surface area contributed by atoms with Crippen LogP contribution in [0.3, 0.4) is 0 Å². The summed E-state index contributed by atoms with van der Waals surface area (Å²) in [7, 11) is 0. The molecule has 1 aliphatic rings. The summed E-state index contributed by atoms with van der Waals surface area (Å²) in [6.07, 6.45) is 0.0966. The predicted octanol–water partition coefficient (Wildman–Crippen LogP) is 3.81. The maximum absolute atomic E-state index is 13.4. The summed E-state index contributed by atoms with van der Waals surface area (Å²) >= 11 is 1.22. The maximum Gasteiger partial charge on any atom is 0.238 e. The Kier molecular flexibility index (Phi) is 5.68. The molecule has 2 aromatic carbocycles. The number of para-hydroxylation sites is 1. The van der Waals surface area contributed by atoms with Crippen molar-refractivity contribution in [1.29, 1.82) is 0 Å². The van der Waals surface area contributed by atoms with Crippen molar-refractivity contribution in [3.8, 4) is 0 Å². The number of nitrogens with zero attached hydrogens (tertiary/aromatic N) is 2. The molecule has 1 aliphatic heterocycles. The van der Waals surface area contributed by atoms with Gasteiger partial charge < -0.3 is 5.32 Å². The Balaban J connectivity index is 1.81. The number of carbonyl (C=O) groups excluding carboxylic acids is 2. The van der Waals surface area contributed by atoms with E-state index < -0.39 is 11.1 Å². The SMILES string of the molecule is CCN1C(=O)C[C@@H](C(=O)Nc2ccccc2)SC1=Nc1cccc(F)c1. The zero-order valence-electron chi connectivity index (χ0n) is 14.2. The minimum Gasteiger partial charge on any atom is -0.325 e. The highest BCUT2D eigenvalue weighted by Crippen LogP contribution is 2.29. The largest absolute Gasteiger partial charge is 0.325 e. The van der Waals surface area contributed by atoms with Crippen molar-refractivity contribution in [3.63, 3.8) is 0 Å². The van der Waals surface area contributed by atoms with Crippen molar-refractivity contribution in [3.05, 3.63) is 60.4 Å². The molecule has 3 rings (SSSR count). The zero-order chi connectivity index (χ0) is 18.5. The summed E-state index contributed by atoms with van der Waals surface area (Å²) in [6.45, 7) is 2.27. The number of hydrogen-bond acceptors (Lipinski definition) is 4. The van der Waals surface area contributed by atoms with E-state index in [1.807, 2.05) is 25.1 Å². The van der Waals surface area contributed by atoms with Gasteiger partial charge in [0, 0.05) is 18.7 Å². The van der Waals surface area contributed by atoms with Crippen molar-refractivity contribution in [2.45, 2.75) is 18.6 Å². The van der Waals surface area contributed by atoms with Crippen molar-refractivity contribution >= 4 is 40.1 Å². The molecule has 134 valence electrons. The van der Waals surface area contributed by atoms with E-state index in [2.05, 4.69) is 10.3 Å². The van der Waals surface area contributed by atoms with Gasteiger partial charge in [0.15, 0.2) is 5.17 Å². The van der Waals surface area contributed by atoms with Crippen molar-refractivity contribution < 1.29 is 14.0 Å². The molecule has 1 N–H and O–H groups in total. The lowest BCUT2D eigenvalue weighted by Gasteiger charge is -2.30. The minimum absolute atomic E-state index is 0.0966. The van der Waals surface area contributed by atoms with Gasteiger partial charge in [-0.3, -0.25) is 14.5 Å². The van der Waals surface area contributed by atoms with Crippen LogP contribution in [0.25, 0.3) is 0 Å². The van der Waals surface area contributed by atoms with Gasteiger partial charge in [-0.05, 0) is 37.3 Å². The minimum atomic E-state index is -0.585. The zero-order valence-corrected chi connectivity index (χ0v) is 15.0. The van der Waals surface area contributed by atoms with Crippen LogP contribution in [0.4, 0.5) is 15.8 Å². The summed E-state index contributed by atoms with van der Waals surface area (Å²) in [5.74, 6) is -0.827. The number of amides is 2. The molecule has 0 spiro atoms. The molecule has 2 amide bonds. The second kappa shape index (κ2) is 8.14. The van der Waals surface area contributed by atoms with E-state index in [9.17, 15) is 14.0 Å². The summed E-state index contributed by atoms with van der Waals surface area (Å²) < 4.78 is 13.4. The average Bonchev–Trinajstić information content (AvgIpc) is 2.62. The van der Waals surface area contributed by atoms with Gasteiger partial charge in [0.25, 0.3) is 0 Å². The van der Waals surface area contributed by atoms with Crippen LogP contribution >= 0.6 is 11.8 Å². The molecule has 5 nitrogen and oxygen atoms in total. The Morgan fingerprint density at radius 3 is 2.73 bits per heavy atom. The Morgan fingerprint density at radius 1 is 1.27 bits per heavy atom. The molecule has 1 saturated heterocycles. The summed E-state index contributed by atoms with van der Waals surface area (Å²) in [5, 5.41) is 2.63. The molecule has 0 aromatic heterocycles. The Hall–Kier alpha value is -2.67. The maximum atomic E-state index is 13.4. The number of halogens is 1. The van der Waals surface area contributed by atoms with E-state index in [4.69, 9.17) is 0 Å². The fourth-order valence-corrected chi connectivity index (χ4v) is 3.72. The molecule has 1 atom stereocenters. The van der Waals surface area contributed by atoms with Crippen LogP contribution in [0.2, 0.25) is 0 Å². The lowest BCUT2D eigenvalue weighted by Crippen LogP contribution is -2.45. The third kappa shape index (κ3) is 4.29. The fourth-order valence-electron chi connectivity index (χ4n) is 2.55. The first-order chi connectivity index (χ1) is 12.6. The number of anilines is 1. The van der Waals surface area contributed by atoms with Crippen molar-refractivity contribution in [2.75, 3.05) is 11.9 Å². The molecule has 0 radical (unpaired) electrons. The van der Waals surface area contributed by atoms with Gasteiger partial charge in [-0.1, -0.05) is 36.0 Å². The number of benzene rings is 2. The molecule has 2 aromatic rings. The van der Waals surface area contributed by atoms with Crippen LogP contribution in [0.15, 0.2) is 59.6 Å². The van der Waals surface area contributed by atoms with Gasteiger partial charge in [0.2, 0.25) is 11.8 Å². The van der Waals surface area contributed by atoms with Crippen LogP contribution in [-0.2, 0) is 9.59 Å². The summed E-state index contributed by atoms with van der Waals surface area (Å²) in [5.41, 5.74) is 1.08. The van der Waals surface area contributed by atoms with Gasteiger partial charge in [-0.15, -0.1) is 0 Å². The van der Waals surface area contributed by atoms with E-state index in [1.54, 1.807) is 24.3 Å².